The van der Waals surface area contributed by atoms with Gasteiger partial charge in [0, 0.05) is 11.3 Å². The lowest BCUT2D eigenvalue weighted by Gasteiger charge is -2.15. The van der Waals surface area contributed by atoms with E-state index in [1.807, 2.05) is 0 Å². The van der Waals surface area contributed by atoms with Crippen LogP contribution in [0.15, 0.2) is 52.9 Å². The van der Waals surface area contributed by atoms with Gasteiger partial charge in [0.25, 0.3) is 5.91 Å². The Morgan fingerprint density at radius 2 is 1.32 bits per heavy atom. The van der Waals surface area contributed by atoms with Crippen molar-refractivity contribution in [2.75, 3.05) is 5.32 Å². The van der Waals surface area contributed by atoms with Crippen molar-refractivity contribution >= 4 is 11.6 Å². The molecule has 0 atom stereocenters. The number of amides is 1. The number of hydrogen-bond acceptors (Lipinski definition) is 3. The lowest BCUT2D eigenvalue weighted by Crippen LogP contribution is -2.18. The number of halogens is 9. The first kappa shape index (κ1) is 25.1. The van der Waals surface area contributed by atoms with Crippen molar-refractivity contribution in [1.82, 2.24) is 0 Å². The van der Waals surface area contributed by atoms with Gasteiger partial charge in [-0.1, -0.05) is 24.3 Å². The van der Waals surface area contributed by atoms with Crippen LogP contribution in [0.5, 0.6) is 0 Å². The van der Waals surface area contributed by atoms with E-state index < -0.39 is 58.3 Å². The van der Waals surface area contributed by atoms with E-state index in [1.54, 1.807) is 5.32 Å². The molecule has 1 amide bonds. The third-order valence-corrected chi connectivity index (χ3v) is 4.50. The van der Waals surface area contributed by atoms with Crippen molar-refractivity contribution in [1.29, 1.82) is 0 Å². The summed E-state index contributed by atoms with van der Waals surface area (Å²) >= 11 is 0. The molecule has 4 nitrogen and oxygen atoms in total. The number of carbonyl (C=O) groups excluding carboxylic acids is 1. The van der Waals surface area contributed by atoms with Gasteiger partial charge in [0.1, 0.15) is 5.76 Å². The number of hydrogen-bond donors (Lipinski definition) is 2. The molecule has 0 aliphatic rings. The van der Waals surface area contributed by atoms with Crippen LogP contribution in [-0.4, -0.2) is 11.0 Å². The van der Waals surface area contributed by atoms with Crippen LogP contribution in [0.4, 0.5) is 45.2 Å². The molecule has 182 valence electrons. The van der Waals surface area contributed by atoms with E-state index in [1.165, 1.54) is 24.3 Å². The zero-order valence-corrected chi connectivity index (χ0v) is 16.5. The maximum Gasteiger partial charge on any atom is 0.450 e. The van der Waals surface area contributed by atoms with Gasteiger partial charge in [0.05, 0.1) is 23.3 Å². The standard InChI is InChI=1S/C21H12F9NO3/c22-19(23,24)12-5-13(20(25,26)27)7-14(6-12)31-18(33)15-8-16(34-17(15)21(28,29)30)11-3-1-10(9-32)2-4-11/h1-8,32H,9H2,(H,31,33). The summed E-state index contributed by atoms with van der Waals surface area (Å²) in [5.41, 5.74) is -5.19. The van der Waals surface area contributed by atoms with Crippen LogP contribution < -0.4 is 5.32 Å². The summed E-state index contributed by atoms with van der Waals surface area (Å²) in [6, 6.07) is 6.10. The second kappa shape index (κ2) is 8.70. The Bertz CT molecular complexity index is 1160. The fourth-order valence-corrected chi connectivity index (χ4v) is 2.91. The maximum absolute atomic E-state index is 13.4. The highest BCUT2D eigenvalue weighted by atomic mass is 19.4. The summed E-state index contributed by atoms with van der Waals surface area (Å²) in [5.74, 6) is -3.88. The maximum atomic E-state index is 13.4. The number of aliphatic hydroxyl groups excluding tert-OH is 1. The van der Waals surface area contributed by atoms with Crippen LogP contribution >= 0.6 is 0 Å². The normalized spacial score (nSPS) is 12.6. The van der Waals surface area contributed by atoms with Gasteiger partial charge in [-0.15, -0.1) is 0 Å². The average Bonchev–Trinajstić information content (AvgIpc) is 3.18. The Morgan fingerprint density at radius 1 is 0.794 bits per heavy atom. The Kier molecular flexibility index (Phi) is 6.44. The van der Waals surface area contributed by atoms with Crippen LogP contribution in [0.2, 0.25) is 0 Å². The molecule has 0 fully saturated rings. The molecule has 2 aromatic carbocycles. The van der Waals surface area contributed by atoms with Crippen LogP contribution in [0.1, 0.15) is 32.8 Å². The summed E-state index contributed by atoms with van der Waals surface area (Å²) in [6.45, 7) is -0.350. The van der Waals surface area contributed by atoms with E-state index in [4.69, 9.17) is 9.52 Å². The minimum atomic E-state index is -5.22. The Hall–Kier alpha value is -3.48. The van der Waals surface area contributed by atoms with Crippen LogP contribution in [0.25, 0.3) is 11.3 Å². The average molecular weight is 497 g/mol. The molecule has 1 heterocycles. The van der Waals surface area contributed by atoms with E-state index in [0.29, 0.717) is 11.6 Å². The second-order valence-electron chi connectivity index (χ2n) is 6.95. The monoisotopic (exact) mass is 497 g/mol. The molecule has 0 unspecified atom stereocenters. The van der Waals surface area contributed by atoms with Crippen molar-refractivity contribution in [3.8, 4) is 11.3 Å². The summed E-state index contributed by atoms with van der Waals surface area (Å²) in [4.78, 5) is 12.5. The second-order valence-corrected chi connectivity index (χ2v) is 6.95. The molecular weight excluding hydrogens is 485 g/mol. The number of carbonyl (C=O) groups is 1. The van der Waals surface area contributed by atoms with Gasteiger partial charge >= 0.3 is 18.5 Å². The van der Waals surface area contributed by atoms with Gasteiger partial charge in [-0.2, -0.15) is 39.5 Å². The first-order chi connectivity index (χ1) is 15.6. The number of anilines is 1. The highest BCUT2D eigenvalue weighted by Gasteiger charge is 2.41. The van der Waals surface area contributed by atoms with E-state index in [9.17, 15) is 44.3 Å². The lowest BCUT2D eigenvalue weighted by atomic mass is 10.1. The third-order valence-electron chi connectivity index (χ3n) is 4.50. The van der Waals surface area contributed by atoms with Crippen molar-refractivity contribution in [2.45, 2.75) is 25.1 Å². The zero-order valence-electron chi connectivity index (χ0n) is 16.5. The van der Waals surface area contributed by atoms with E-state index in [0.717, 1.165) is 0 Å². The van der Waals surface area contributed by atoms with Gasteiger partial charge in [-0.25, -0.2) is 0 Å². The third kappa shape index (κ3) is 5.53. The molecule has 0 radical (unpaired) electrons. The summed E-state index contributed by atoms with van der Waals surface area (Å²) in [7, 11) is 0. The minimum absolute atomic E-state index is 0.0696. The number of furan rings is 1. The van der Waals surface area contributed by atoms with Crippen LogP contribution in [0, 0.1) is 0 Å². The molecule has 1 aromatic heterocycles. The van der Waals surface area contributed by atoms with Gasteiger partial charge in [0.2, 0.25) is 5.76 Å². The molecule has 0 bridgehead atoms. The van der Waals surface area contributed by atoms with Crippen molar-refractivity contribution < 1.29 is 53.8 Å². The van der Waals surface area contributed by atoms with Crippen LogP contribution in [0.3, 0.4) is 0 Å². The topological polar surface area (TPSA) is 62.5 Å². The van der Waals surface area contributed by atoms with Gasteiger partial charge < -0.3 is 14.8 Å². The summed E-state index contributed by atoms with van der Waals surface area (Å²) in [6.07, 6.45) is -15.6. The number of aliphatic hydroxyl groups is 1. The van der Waals surface area contributed by atoms with Gasteiger partial charge in [-0.3, -0.25) is 4.79 Å². The van der Waals surface area contributed by atoms with E-state index in [-0.39, 0.29) is 30.4 Å². The SMILES string of the molecule is O=C(Nc1cc(C(F)(F)F)cc(C(F)(F)F)c1)c1cc(-c2ccc(CO)cc2)oc1C(F)(F)F. The molecule has 2 N–H and O–H groups in total. The fourth-order valence-electron chi connectivity index (χ4n) is 2.91. The molecule has 34 heavy (non-hydrogen) atoms. The number of nitrogens with one attached hydrogen (secondary N) is 1. The fraction of sp³-hybridized carbons (Fsp3) is 0.190. The van der Waals surface area contributed by atoms with E-state index in [2.05, 4.69) is 0 Å². The molecule has 0 spiro atoms. The molecule has 0 saturated carbocycles. The minimum Gasteiger partial charge on any atom is -0.451 e. The summed E-state index contributed by atoms with van der Waals surface area (Å²) in [5, 5.41) is 10.7. The number of benzene rings is 2. The van der Waals surface area contributed by atoms with Gasteiger partial charge in [-0.05, 0) is 29.8 Å². The number of rotatable bonds is 4. The summed E-state index contributed by atoms with van der Waals surface area (Å²) < 4.78 is 123. The highest BCUT2D eigenvalue weighted by Crippen LogP contribution is 2.39. The Labute approximate surface area is 184 Å². The predicted octanol–water partition coefficient (Wildman–Crippen LogP) is 6.75. The van der Waals surface area contributed by atoms with Crippen molar-refractivity contribution in [2.24, 2.45) is 0 Å². The van der Waals surface area contributed by atoms with Crippen LogP contribution in [-0.2, 0) is 25.1 Å². The molecule has 0 aliphatic carbocycles. The number of alkyl halides is 9. The predicted molar refractivity (Wildman–Crippen MR) is 99.5 cm³/mol. The quantitative estimate of drug-likeness (QED) is 0.392. The Morgan fingerprint density at radius 3 is 1.76 bits per heavy atom. The molecule has 0 aliphatic heterocycles. The smallest absolute Gasteiger partial charge is 0.450 e. The lowest BCUT2D eigenvalue weighted by molar-refractivity contribution is -0.153. The highest BCUT2D eigenvalue weighted by molar-refractivity contribution is 6.06. The van der Waals surface area contributed by atoms with E-state index >= 15 is 0 Å². The molecule has 0 saturated heterocycles. The molecule has 3 rings (SSSR count). The largest absolute Gasteiger partial charge is 0.451 e. The zero-order chi connectivity index (χ0) is 25.5. The first-order valence-corrected chi connectivity index (χ1v) is 9.11. The Balaban J connectivity index is 2.03. The first-order valence-electron chi connectivity index (χ1n) is 9.11. The van der Waals surface area contributed by atoms with Crippen molar-refractivity contribution in [3.63, 3.8) is 0 Å². The molecule has 13 heteroatoms. The molecular formula is C21H12F9NO3. The van der Waals surface area contributed by atoms with Crippen molar-refractivity contribution in [3.05, 3.63) is 76.5 Å². The molecule has 3 aromatic rings. The van der Waals surface area contributed by atoms with Gasteiger partial charge in [0.15, 0.2) is 0 Å².